The fourth-order valence-corrected chi connectivity index (χ4v) is 6.98. The number of hydrogen-bond donors (Lipinski definition) is 1. The maximum absolute atomic E-state index is 14.5. The second-order valence-electron chi connectivity index (χ2n) is 10.0. The van der Waals surface area contributed by atoms with Crippen LogP contribution in [0.25, 0.3) is 0 Å². The number of nitrogens with zero attached hydrogens (tertiary/aromatic N) is 2. The summed E-state index contributed by atoms with van der Waals surface area (Å²) >= 11 is 19.5. The molecule has 4 rings (SSSR count). The van der Waals surface area contributed by atoms with E-state index in [2.05, 4.69) is 5.32 Å². The molecule has 0 bridgehead atoms. The van der Waals surface area contributed by atoms with E-state index < -0.39 is 34.4 Å². The number of halogens is 3. The van der Waals surface area contributed by atoms with Crippen LogP contribution in [0.2, 0.25) is 15.1 Å². The number of benzene rings is 4. The first-order valence-corrected chi connectivity index (χ1v) is 16.5. The SMILES string of the molecule is CCNC(=O)C(Cc1ccccc1)N(Cc1c(Cl)cccc1Cl)C(=O)CN(c1cccc(Cl)c1C)S(=O)(=O)c1ccccc1. The molecule has 230 valence electrons. The van der Waals surface area contributed by atoms with E-state index in [1.54, 1.807) is 68.4 Å². The van der Waals surface area contributed by atoms with Crippen molar-refractivity contribution >= 4 is 62.3 Å². The van der Waals surface area contributed by atoms with Crippen LogP contribution in [0.5, 0.6) is 0 Å². The van der Waals surface area contributed by atoms with Gasteiger partial charge in [-0.1, -0.05) is 95.5 Å². The van der Waals surface area contributed by atoms with Crippen molar-refractivity contribution in [2.24, 2.45) is 0 Å². The zero-order chi connectivity index (χ0) is 31.9. The molecule has 0 spiro atoms. The van der Waals surface area contributed by atoms with E-state index in [0.717, 1.165) is 9.87 Å². The third-order valence-electron chi connectivity index (χ3n) is 7.13. The Bertz CT molecular complexity index is 1700. The minimum absolute atomic E-state index is 0.00237. The summed E-state index contributed by atoms with van der Waals surface area (Å²) in [5, 5.41) is 3.78. The lowest BCUT2D eigenvalue weighted by molar-refractivity contribution is -0.140. The third-order valence-corrected chi connectivity index (χ3v) is 10.0. The van der Waals surface area contributed by atoms with Crippen LogP contribution in [-0.2, 0) is 32.6 Å². The largest absolute Gasteiger partial charge is 0.355 e. The van der Waals surface area contributed by atoms with Gasteiger partial charge in [-0.05, 0) is 61.4 Å². The van der Waals surface area contributed by atoms with Crippen LogP contribution in [0, 0.1) is 6.92 Å². The Kier molecular flexibility index (Phi) is 11.3. The fourth-order valence-electron chi connectivity index (χ4n) is 4.80. The van der Waals surface area contributed by atoms with Gasteiger partial charge in [0.25, 0.3) is 10.0 Å². The summed E-state index contributed by atoms with van der Waals surface area (Å²) in [6.45, 7) is 3.04. The normalized spacial score (nSPS) is 11.9. The van der Waals surface area contributed by atoms with E-state index in [4.69, 9.17) is 34.8 Å². The molecule has 0 fully saturated rings. The Labute approximate surface area is 273 Å². The molecule has 11 heteroatoms. The van der Waals surface area contributed by atoms with Gasteiger partial charge in [0.15, 0.2) is 0 Å². The van der Waals surface area contributed by atoms with Crippen molar-refractivity contribution in [3.63, 3.8) is 0 Å². The number of hydrogen-bond acceptors (Lipinski definition) is 4. The van der Waals surface area contributed by atoms with Crippen LogP contribution in [0.3, 0.4) is 0 Å². The molecule has 0 heterocycles. The first kappa shape index (κ1) is 33.3. The van der Waals surface area contributed by atoms with Gasteiger partial charge < -0.3 is 10.2 Å². The number of nitrogens with one attached hydrogen (secondary N) is 1. The van der Waals surface area contributed by atoms with E-state index in [0.29, 0.717) is 32.7 Å². The molecule has 1 N–H and O–H groups in total. The summed E-state index contributed by atoms with van der Waals surface area (Å²) in [5.74, 6) is -1.03. The van der Waals surface area contributed by atoms with Crippen molar-refractivity contribution in [2.75, 3.05) is 17.4 Å². The van der Waals surface area contributed by atoms with E-state index in [1.807, 2.05) is 30.3 Å². The smallest absolute Gasteiger partial charge is 0.264 e. The molecule has 0 aliphatic heterocycles. The molecular weight excluding hydrogens is 641 g/mol. The maximum atomic E-state index is 14.5. The molecule has 0 aromatic heterocycles. The van der Waals surface area contributed by atoms with Crippen molar-refractivity contribution in [3.05, 3.63) is 129 Å². The number of rotatable bonds is 12. The molecule has 0 saturated carbocycles. The van der Waals surface area contributed by atoms with Gasteiger partial charge in [0.1, 0.15) is 12.6 Å². The van der Waals surface area contributed by atoms with Crippen molar-refractivity contribution in [3.8, 4) is 0 Å². The second kappa shape index (κ2) is 14.9. The number of amides is 2. The molecule has 4 aromatic carbocycles. The minimum atomic E-state index is -4.25. The first-order valence-electron chi connectivity index (χ1n) is 13.9. The molecular formula is C33H32Cl3N3O4S. The average molecular weight is 673 g/mol. The van der Waals surface area contributed by atoms with Gasteiger partial charge in [0.2, 0.25) is 11.8 Å². The van der Waals surface area contributed by atoms with Gasteiger partial charge in [0.05, 0.1) is 10.6 Å². The van der Waals surface area contributed by atoms with E-state index >= 15 is 0 Å². The summed E-state index contributed by atoms with van der Waals surface area (Å²) in [6, 6.07) is 25.9. The molecule has 7 nitrogen and oxygen atoms in total. The van der Waals surface area contributed by atoms with Gasteiger partial charge >= 0.3 is 0 Å². The second-order valence-corrected chi connectivity index (χ2v) is 13.1. The molecule has 1 unspecified atom stereocenters. The van der Waals surface area contributed by atoms with Gasteiger partial charge in [-0.25, -0.2) is 8.42 Å². The number of carbonyl (C=O) groups excluding carboxylic acids is 2. The zero-order valence-corrected chi connectivity index (χ0v) is 27.3. The minimum Gasteiger partial charge on any atom is -0.355 e. The monoisotopic (exact) mass is 671 g/mol. The number of anilines is 1. The molecule has 0 aliphatic carbocycles. The zero-order valence-electron chi connectivity index (χ0n) is 24.2. The summed E-state index contributed by atoms with van der Waals surface area (Å²) in [7, 11) is -4.25. The molecule has 0 saturated heterocycles. The Hall–Kier alpha value is -3.56. The molecule has 0 radical (unpaired) electrons. The van der Waals surface area contributed by atoms with E-state index in [9.17, 15) is 18.0 Å². The molecule has 2 amide bonds. The molecule has 4 aromatic rings. The Morgan fingerprint density at radius 1 is 0.795 bits per heavy atom. The predicted molar refractivity (Wildman–Crippen MR) is 177 cm³/mol. The number of carbonyl (C=O) groups is 2. The predicted octanol–water partition coefficient (Wildman–Crippen LogP) is 6.93. The van der Waals surface area contributed by atoms with Crippen LogP contribution in [0.1, 0.15) is 23.6 Å². The number of sulfonamides is 1. The summed E-state index contributed by atoms with van der Waals surface area (Å²) in [6.07, 6.45) is 0.169. The Balaban J connectivity index is 1.85. The van der Waals surface area contributed by atoms with Crippen LogP contribution >= 0.6 is 34.8 Å². The maximum Gasteiger partial charge on any atom is 0.264 e. The first-order chi connectivity index (χ1) is 21.0. The highest BCUT2D eigenvalue weighted by molar-refractivity contribution is 7.92. The van der Waals surface area contributed by atoms with Crippen LogP contribution < -0.4 is 9.62 Å². The van der Waals surface area contributed by atoms with E-state index in [-0.39, 0.29) is 23.5 Å². The van der Waals surface area contributed by atoms with Crippen LogP contribution in [-0.4, -0.2) is 44.3 Å². The number of likely N-dealkylation sites (N-methyl/N-ethyl adjacent to an activating group) is 1. The van der Waals surface area contributed by atoms with Gasteiger partial charge in [0, 0.05) is 40.1 Å². The van der Waals surface area contributed by atoms with Crippen molar-refractivity contribution < 1.29 is 18.0 Å². The fraction of sp³-hybridized carbons (Fsp3) is 0.212. The van der Waals surface area contributed by atoms with Crippen LogP contribution in [0.15, 0.2) is 102 Å². The standard InChI is InChI=1S/C33H32Cl3N3O4S/c1-3-37-33(41)31(20-24-12-6-4-7-13-24)38(21-26-28(35)17-10-18-29(26)36)32(40)22-39(30-19-11-16-27(34)23(30)2)44(42,43)25-14-8-5-9-15-25/h4-19,31H,3,20-22H2,1-2H3,(H,37,41). The third kappa shape index (κ3) is 7.74. The van der Waals surface area contributed by atoms with Gasteiger partial charge in [-0.3, -0.25) is 13.9 Å². The lowest BCUT2D eigenvalue weighted by atomic mass is 10.0. The summed E-state index contributed by atoms with van der Waals surface area (Å²) < 4.78 is 29.2. The van der Waals surface area contributed by atoms with Gasteiger partial charge in [-0.2, -0.15) is 0 Å². The lowest BCUT2D eigenvalue weighted by Gasteiger charge is -2.34. The van der Waals surface area contributed by atoms with E-state index in [1.165, 1.54) is 17.0 Å². The molecule has 44 heavy (non-hydrogen) atoms. The van der Waals surface area contributed by atoms with Gasteiger partial charge in [-0.15, -0.1) is 0 Å². The summed E-state index contributed by atoms with van der Waals surface area (Å²) in [5.41, 5.74) is 1.96. The van der Waals surface area contributed by atoms with Crippen molar-refractivity contribution in [1.29, 1.82) is 0 Å². The summed E-state index contributed by atoms with van der Waals surface area (Å²) in [4.78, 5) is 29.4. The lowest BCUT2D eigenvalue weighted by Crippen LogP contribution is -2.53. The van der Waals surface area contributed by atoms with Crippen LogP contribution in [0.4, 0.5) is 5.69 Å². The quantitative estimate of drug-likeness (QED) is 0.177. The molecule has 0 aliphatic rings. The molecule has 1 atom stereocenters. The Morgan fingerprint density at radius 2 is 1.36 bits per heavy atom. The highest BCUT2D eigenvalue weighted by Gasteiger charge is 2.35. The topological polar surface area (TPSA) is 86.8 Å². The highest BCUT2D eigenvalue weighted by Crippen LogP contribution is 2.32. The van der Waals surface area contributed by atoms with Crippen molar-refractivity contribution in [2.45, 2.75) is 37.8 Å². The van der Waals surface area contributed by atoms with Crippen molar-refractivity contribution in [1.82, 2.24) is 10.2 Å². The highest BCUT2D eigenvalue weighted by atomic mass is 35.5. The Morgan fingerprint density at radius 3 is 1.98 bits per heavy atom. The average Bonchev–Trinajstić information content (AvgIpc) is 3.01.